The first-order valence-corrected chi connectivity index (χ1v) is 12.2. The molecule has 1 heterocycles. The highest BCUT2D eigenvalue weighted by Crippen LogP contribution is 2.31. The number of carbonyl (C=O) groups excluding carboxylic acids is 1. The van der Waals surface area contributed by atoms with Crippen LogP contribution in [0, 0.1) is 34.6 Å². The lowest BCUT2D eigenvalue weighted by Crippen LogP contribution is -2.51. The second kappa shape index (κ2) is 8.74. The summed E-state index contributed by atoms with van der Waals surface area (Å²) in [6.45, 7) is 12.2. The first-order chi connectivity index (χ1) is 13.6. The third-order valence-corrected chi connectivity index (χ3v) is 9.12. The molecule has 0 aromatic heterocycles. The summed E-state index contributed by atoms with van der Waals surface area (Å²) in [7, 11) is -3.55. The van der Waals surface area contributed by atoms with Gasteiger partial charge in [-0.1, -0.05) is 12.8 Å². The number of hydrogen-bond acceptors (Lipinski definition) is 4. The van der Waals surface area contributed by atoms with E-state index in [0.717, 1.165) is 40.7 Å². The van der Waals surface area contributed by atoms with Gasteiger partial charge in [-0.3, -0.25) is 9.69 Å². The maximum absolute atomic E-state index is 13.4. The molecule has 1 amide bonds. The van der Waals surface area contributed by atoms with Gasteiger partial charge in [0.15, 0.2) is 0 Å². The van der Waals surface area contributed by atoms with Gasteiger partial charge < -0.3 is 5.32 Å². The van der Waals surface area contributed by atoms with Crippen molar-refractivity contribution in [3.05, 3.63) is 27.8 Å². The van der Waals surface area contributed by atoms with E-state index in [9.17, 15) is 13.2 Å². The van der Waals surface area contributed by atoms with Crippen LogP contribution in [-0.2, 0) is 14.8 Å². The average molecular weight is 422 g/mol. The topological polar surface area (TPSA) is 69.7 Å². The largest absolute Gasteiger partial charge is 0.352 e. The Balaban J connectivity index is 1.67. The molecule has 1 aliphatic carbocycles. The van der Waals surface area contributed by atoms with Crippen molar-refractivity contribution in [3.63, 3.8) is 0 Å². The summed E-state index contributed by atoms with van der Waals surface area (Å²) < 4.78 is 28.4. The molecule has 0 atom stereocenters. The molecule has 1 aromatic carbocycles. The highest BCUT2D eigenvalue weighted by atomic mass is 32.2. The number of nitrogens with zero attached hydrogens (tertiary/aromatic N) is 2. The lowest BCUT2D eigenvalue weighted by molar-refractivity contribution is -0.123. The average Bonchev–Trinajstić information content (AvgIpc) is 3.18. The van der Waals surface area contributed by atoms with Crippen LogP contribution in [0.2, 0.25) is 0 Å². The molecule has 0 unspecified atom stereocenters. The van der Waals surface area contributed by atoms with Crippen LogP contribution >= 0.6 is 0 Å². The zero-order chi connectivity index (χ0) is 21.3. The van der Waals surface area contributed by atoms with Gasteiger partial charge in [0.05, 0.1) is 11.4 Å². The SMILES string of the molecule is Cc1c(C)c(C)c(S(=O)(=O)N2CCN(CC(=O)NC3CCCC3)CC2)c(C)c1C. The van der Waals surface area contributed by atoms with E-state index in [1.807, 2.05) is 27.7 Å². The first-order valence-electron chi connectivity index (χ1n) is 10.7. The van der Waals surface area contributed by atoms with Crippen molar-refractivity contribution in [1.29, 1.82) is 0 Å². The molecule has 1 saturated heterocycles. The standard InChI is InChI=1S/C22H35N3O3S/c1-15-16(2)18(4)22(19(5)17(15)3)29(27,28)25-12-10-24(11-13-25)14-21(26)23-20-8-6-7-9-20/h20H,6-14H2,1-5H3,(H,23,26). The number of sulfonamides is 1. The van der Waals surface area contributed by atoms with Gasteiger partial charge in [0.1, 0.15) is 0 Å². The Hall–Kier alpha value is -1.44. The van der Waals surface area contributed by atoms with Crippen LogP contribution in [0.1, 0.15) is 53.5 Å². The van der Waals surface area contributed by atoms with Crippen LogP contribution in [0.4, 0.5) is 0 Å². The molecule has 1 saturated carbocycles. The van der Waals surface area contributed by atoms with Crippen molar-refractivity contribution in [2.75, 3.05) is 32.7 Å². The van der Waals surface area contributed by atoms with Crippen molar-refractivity contribution >= 4 is 15.9 Å². The molecule has 162 valence electrons. The Kier molecular flexibility index (Phi) is 6.70. The summed E-state index contributed by atoms with van der Waals surface area (Å²) in [5, 5.41) is 3.11. The summed E-state index contributed by atoms with van der Waals surface area (Å²) in [4.78, 5) is 14.8. The fraction of sp³-hybridized carbons (Fsp3) is 0.682. The van der Waals surface area contributed by atoms with Crippen LogP contribution in [-0.4, -0.2) is 62.3 Å². The number of nitrogens with one attached hydrogen (secondary N) is 1. The minimum Gasteiger partial charge on any atom is -0.352 e. The Bertz CT molecular complexity index is 852. The van der Waals surface area contributed by atoms with E-state index < -0.39 is 10.0 Å². The number of hydrogen-bond donors (Lipinski definition) is 1. The number of piperazine rings is 1. The molecule has 0 spiro atoms. The zero-order valence-corrected chi connectivity index (χ0v) is 19.3. The molecule has 2 fully saturated rings. The van der Waals surface area contributed by atoms with Gasteiger partial charge in [-0.2, -0.15) is 4.31 Å². The molecule has 7 heteroatoms. The minimum absolute atomic E-state index is 0.0599. The number of benzene rings is 1. The predicted molar refractivity (Wildman–Crippen MR) is 116 cm³/mol. The lowest BCUT2D eigenvalue weighted by Gasteiger charge is -2.34. The molecule has 1 N–H and O–H groups in total. The van der Waals surface area contributed by atoms with Gasteiger partial charge in [-0.05, 0) is 75.3 Å². The quantitative estimate of drug-likeness (QED) is 0.793. The van der Waals surface area contributed by atoms with Gasteiger partial charge in [-0.25, -0.2) is 8.42 Å². The van der Waals surface area contributed by atoms with Gasteiger partial charge >= 0.3 is 0 Å². The number of amides is 1. The highest BCUT2D eigenvalue weighted by molar-refractivity contribution is 7.89. The van der Waals surface area contributed by atoms with E-state index >= 15 is 0 Å². The van der Waals surface area contributed by atoms with Gasteiger partial charge in [0.25, 0.3) is 0 Å². The van der Waals surface area contributed by atoms with E-state index in [2.05, 4.69) is 17.1 Å². The smallest absolute Gasteiger partial charge is 0.243 e. The van der Waals surface area contributed by atoms with Crippen LogP contribution < -0.4 is 5.32 Å². The van der Waals surface area contributed by atoms with E-state index in [4.69, 9.17) is 0 Å². The van der Waals surface area contributed by atoms with Crippen molar-refractivity contribution in [1.82, 2.24) is 14.5 Å². The third-order valence-electron chi connectivity index (χ3n) is 6.95. The highest BCUT2D eigenvalue weighted by Gasteiger charge is 2.32. The van der Waals surface area contributed by atoms with Crippen LogP contribution in [0.5, 0.6) is 0 Å². The monoisotopic (exact) mass is 421 g/mol. The molecule has 3 rings (SSSR count). The Morgan fingerprint density at radius 2 is 1.34 bits per heavy atom. The van der Waals surface area contributed by atoms with Gasteiger partial charge in [0, 0.05) is 32.2 Å². The van der Waals surface area contributed by atoms with Crippen LogP contribution in [0.15, 0.2) is 4.90 Å². The molecule has 0 radical (unpaired) electrons. The van der Waals surface area contributed by atoms with Crippen LogP contribution in [0.3, 0.4) is 0 Å². The zero-order valence-electron chi connectivity index (χ0n) is 18.5. The lowest BCUT2D eigenvalue weighted by atomic mass is 9.95. The molecular formula is C22H35N3O3S. The van der Waals surface area contributed by atoms with E-state index in [0.29, 0.717) is 43.7 Å². The maximum Gasteiger partial charge on any atom is 0.243 e. The molecule has 1 aromatic rings. The molecule has 1 aliphatic heterocycles. The molecule has 0 bridgehead atoms. The van der Waals surface area contributed by atoms with Crippen molar-refractivity contribution in [2.45, 2.75) is 71.2 Å². The molecule has 2 aliphatic rings. The van der Waals surface area contributed by atoms with Gasteiger partial charge in [0.2, 0.25) is 15.9 Å². The normalized spacial score (nSPS) is 19.6. The summed E-state index contributed by atoms with van der Waals surface area (Å²) in [6.07, 6.45) is 4.54. The second-order valence-electron chi connectivity index (χ2n) is 8.68. The minimum atomic E-state index is -3.55. The summed E-state index contributed by atoms with van der Waals surface area (Å²) in [6, 6.07) is 0.322. The Morgan fingerprint density at radius 1 is 0.862 bits per heavy atom. The number of rotatable bonds is 5. The summed E-state index contributed by atoms with van der Waals surface area (Å²) >= 11 is 0. The first kappa shape index (κ1) is 22.2. The van der Waals surface area contributed by atoms with Gasteiger partial charge in [-0.15, -0.1) is 0 Å². The number of carbonyl (C=O) groups is 1. The Morgan fingerprint density at radius 3 is 1.86 bits per heavy atom. The van der Waals surface area contributed by atoms with Crippen molar-refractivity contribution in [2.24, 2.45) is 0 Å². The van der Waals surface area contributed by atoms with E-state index in [1.54, 1.807) is 4.31 Å². The van der Waals surface area contributed by atoms with E-state index in [-0.39, 0.29) is 5.91 Å². The van der Waals surface area contributed by atoms with Crippen molar-refractivity contribution < 1.29 is 13.2 Å². The van der Waals surface area contributed by atoms with Crippen molar-refractivity contribution in [3.8, 4) is 0 Å². The molecule has 29 heavy (non-hydrogen) atoms. The fourth-order valence-corrected chi connectivity index (χ4v) is 6.64. The summed E-state index contributed by atoms with van der Waals surface area (Å²) in [5.41, 5.74) is 4.97. The second-order valence-corrected chi connectivity index (χ2v) is 10.6. The summed E-state index contributed by atoms with van der Waals surface area (Å²) in [5.74, 6) is 0.0599. The predicted octanol–water partition coefficient (Wildman–Crippen LogP) is 2.59. The Labute approximate surface area is 175 Å². The van der Waals surface area contributed by atoms with Crippen LogP contribution in [0.25, 0.3) is 0 Å². The van der Waals surface area contributed by atoms with E-state index in [1.165, 1.54) is 12.8 Å². The maximum atomic E-state index is 13.4. The molecular weight excluding hydrogens is 386 g/mol. The molecule has 6 nitrogen and oxygen atoms in total. The third kappa shape index (κ3) is 4.52. The fourth-order valence-electron chi connectivity index (χ4n) is 4.66.